The first-order valence-electron chi connectivity index (χ1n) is 9.94. The van der Waals surface area contributed by atoms with Crippen LogP contribution in [0.4, 0.5) is 0 Å². The van der Waals surface area contributed by atoms with Crippen LogP contribution in [-0.2, 0) is 25.0 Å². The highest BCUT2D eigenvalue weighted by Gasteiger charge is 2.16. The second-order valence-electron chi connectivity index (χ2n) is 7.12. The molecule has 6 nitrogen and oxygen atoms in total. The maximum atomic E-state index is 12.6. The summed E-state index contributed by atoms with van der Waals surface area (Å²) in [5, 5.41) is 8.92. The minimum Gasteiger partial charge on any atom is -0.361 e. The molecule has 29 heavy (non-hydrogen) atoms. The van der Waals surface area contributed by atoms with Gasteiger partial charge in [-0.1, -0.05) is 16.9 Å². The van der Waals surface area contributed by atoms with Gasteiger partial charge in [-0.2, -0.15) is 0 Å². The van der Waals surface area contributed by atoms with E-state index in [2.05, 4.69) is 15.5 Å². The van der Waals surface area contributed by atoms with Gasteiger partial charge in [-0.15, -0.1) is 11.3 Å². The lowest BCUT2D eigenvalue weighted by Gasteiger charge is -2.08. The van der Waals surface area contributed by atoms with Crippen LogP contribution in [0.2, 0.25) is 0 Å². The summed E-state index contributed by atoms with van der Waals surface area (Å²) < 4.78 is 5.09. The van der Waals surface area contributed by atoms with Gasteiger partial charge in [0, 0.05) is 35.9 Å². The molecule has 3 heterocycles. The third-order valence-corrected chi connectivity index (χ3v) is 7.05. The Hall–Kier alpha value is -2.19. The number of aromatic nitrogens is 3. The molecule has 0 aromatic carbocycles. The highest BCUT2D eigenvalue weighted by atomic mass is 32.2. The quantitative estimate of drug-likeness (QED) is 0.424. The largest absolute Gasteiger partial charge is 0.361 e. The first-order chi connectivity index (χ1) is 14.2. The van der Waals surface area contributed by atoms with E-state index in [9.17, 15) is 4.79 Å². The highest BCUT2D eigenvalue weighted by molar-refractivity contribution is 7.98. The van der Waals surface area contributed by atoms with Crippen LogP contribution in [0.15, 0.2) is 33.9 Å². The van der Waals surface area contributed by atoms with Crippen LogP contribution in [0.5, 0.6) is 0 Å². The number of hydrogen-bond donors (Lipinski definition) is 1. The Balaban J connectivity index is 1.27. The second kappa shape index (κ2) is 9.54. The Labute approximate surface area is 178 Å². The molecule has 152 valence electrons. The lowest BCUT2D eigenvalue weighted by molar-refractivity contribution is 0.0949. The number of pyridine rings is 1. The van der Waals surface area contributed by atoms with Crippen molar-refractivity contribution in [2.45, 2.75) is 56.2 Å². The number of carbonyl (C=O) groups excluding carboxylic acids is 1. The molecule has 0 atom stereocenters. The van der Waals surface area contributed by atoms with Crippen LogP contribution < -0.4 is 5.32 Å². The average molecular weight is 429 g/mol. The number of aryl methyl sites for hydroxylation is 4. The number of nitrogens with zero attached hydrogens (tertiary/aromatic N) is 3. The molecule has 1 aliphatic rings. The van der Waals surface area contributed by atoms with E-state index < -0.39 is 0 Å². The maximum Gasteiger partial charge on any atom is 0.254 e. The monoisotopic (exact) mass is 428 g/mol. The Morgan fingerprint density at radius 3 is 3.07 bits per heavy atom. The maximum absolute atomic E-state index is 12.6. The van der Waals surface area contributed by atoms with Crippen molar-refractivity contribution >= 4 is 29.0 Å². The van der Waals surface area contributed by atoms with Crippen LogP contribution in [0.3, 0.4) is 0 Å². The Bertz CT molecular complexity index is 959. The number of amides is 1. The third kappa shape index (κ3) is 5.25. The van der Waals surface area contributed by atoms with E-state index in [1.165, 1.54) is 46.6 Å². The van der Waals surface area contributed by atoms with E-state index >= 15 is 0 Å². The van der Waals surface area contributed by atoms with Crippen molar-refractivity contribution in [1.29, 1.82) is 0 Å². The predicted molar refractivity (Wildman–Crippen MR) is 114 cm³/mol. The van der Waals surface area contributed by atoms with Gasteiger partial charge in [-0.05, 0) is 51.2 Å². The predicted octanol–water partition coefficient (Wildman–Crippen LogP) is 4.37. The van der Waals surface area contributed by atoms with Crippen molar-refractivity contribution in [1.82, 2.24) is 20.4 Å². The van der Waals surface area contributed by atoms with Crippen molar-refractivity contribution in [3.8, 4) is 0 Å². The van der Waals surface area contributed by atoms with Gasteiger partial charge in [0.1, 0.15) is 10.8 Å². The van der Waals surface area contributed by atoms with Crippen LogP contribution in [0, 0.1) is 6.92 Å². The van der Waals surface area contributed by atoms with E-state index in [0.717, 1.165) is 30.7 Å². The lowest BCUT2D eigenvalue weighted by atomic mass is 10.0. The average Bonchev–Trinajstić information content (AvgIpc) is 3.35. The van der Waals surface area contributed by atoms with Gasteiger partial charge in [0.25, 0.3) is 5.91 Å². The molecule has 4 rings (SSSR count). The van der Waals surface area contributed by atoms with Crippen molar-refractivity contribution in [2.24, 2.45) is 0 Å². The minimum atomic E-state index is -0.0876. The number of fused-ring (bicyclic) bond motifs is 1. The summed E-state index contributed by atoms with van der Waals surface area (Å²) in [7, 11) is 0. The summed E-state index contributed by atoms with van der Waals surface area (Å²) in [6.45, 7) is 2.49. The minimum absolute atomic E-state index is 0.0876. The normalized spacial score (nSPS) is 13.3. The Kier molecular flexibility index (Phi) is 6.61. The molecule has 0 saturated heterocycles. The topological polar surface area (TPSA) is 80.9 Å². The van der Waals surface area contributed by atoms with Crippen LogP contribution in [-0.4, -0.2) is 27.6 Å². The van der Waals surface area contributed by atoms with Crippen molar-refractivity contribution in [3.63, 3.8) is 0 Å². The molecule has 0 saturated carbocycles. The van der Waals surface area contributed by atoms with Gasteiger partial charge in [-0.25, -0.2) is 9.97 Å². The zero-order chi connectivity index (χ0) is 20.1. The molecule has 8 heteroatoms. The Morgan fingerprint density at radius 1 is 1.34 bits per heavy atom. The van der Waals surface area contributed by atoms with Gasteiger partial charge in [0.05, 0.1) is 22.0 Å². The van der Waals surface area contributed by atoms with E-state index in [1.54, 1.807) is 12.3 Å². The fourth-order valence-corrected chi connectivity index (χ4v) is 5.43. The molecule has 3 aromatic rings. The molecule has 0 bridgehead atoms. The summed E-state index contributed by atoms with van der Waals surface area (Å²) in [6, 6.07) is 5.50. The third-order valence-electron chi connectivity index (χ3n) is 4.79. The van der Waals surface area contributed by atoms with E-state index in [1.807, 2.05) is 30.4 Å². The molecule has 0 unspecified atom stereocenters. The summed E-state index contributed by atoms with van der Waals surface area (Å²) in [4.78, 5) is 23.3. The van der Waals surface area contributed by atoms with E-state index in [-0.39, 0.29) is 5.91 Å². The van der Waals surface area contributed by atoms with Gasteiger partial charge in [0.15, 0.2) is 0 Å². The molecular formula is C21H24N4O2S2. The zero-order valence-corrected chi connectivity index (χ0v) is 18.1. The summed E-state index contributed by atoms with van der Waals surface area (Å²) in [6.07, 6.45) is 8.35. The molecule has 0 spiro atoms. The number of thioether (sulfide) groups is 1. The van der Waals surface area contributed by atoms with Crippen LogP contribution in [0.25, 0.3) is 0 Å². The number of hydrogen-bond acceptors (Lipinski definition) is 7. The van der Waals surface area contributed by atoms with Crippen LogP contribution >= 0.6 is 23.1 Å². The lowest BCUT2D eigenvalue weighted by Crippen LogP contribution is -2.25. The van der Waals surface area contributed by atoms with Gasteiger partial charge >= 0.3 is 0 Å². The number of thiazole rings is 1. The zero-order valence-electron chi connectivity index (χ0n) is 16.4. The first kappa shape index (κ1) is 20.1. The second-order valence-corrected chi connectivity index (χ2v) is 9.25. The van der Waals surface area contributed by atoms with E-state index in [0.29, 0.717) is 22.9 Å². The molecule has 1 amide bonds. The summed E-state index contributed by atoms with van der Waals surface area (Å²) in [5.41, 5.74) is 2.75. The number of nitrogens with one attached hydrogen (secondary N) is 1. The van der Waals surface area contributed by atoms with Gasteiger partial charge < -0.3 is 9.84 Å². The number of carbonyl (C=O) groups is 1. The standard InChI is InChI=1S/C21H24N4O2S2/c1-14-12-15(25-27-14)13-28-21-16(6-4-11-23-21)20(26)22-10-5-9-19-24-17-7-2-3-8-18(17)29-19/h4,6,11-12H,2-3,5,7-10,13H2,1H3,(H,22,26). The van der Waals surface area contributed by atoms with Crippen molar-refractivity contribution in [3.05, 3.63) is 57.0 Å². The van der Waals surface area contributed by atoms with Gasteiger partial charge in [0.2, 0.25) is 0 Å². The summed E-state index contributed by atoms with van der Waals surface area (Å²) in [5.74, 6) is 1.31. The summed E-state index contributed by atoms with van der Waals surface area (Å²) >= 11 is 3.34. The molecule has 1 aliphatic carbocycles. The molecule has 0 aliphatic heterocycles. The fraction of sp³-hybridized carbons (Fsp3) is 0.429. The first-order valence-corrected chi connectivity index (χ1v) is 11.7. The molecule has 0 fully saturated rings. The molecular weight excluding hydrogens is 404 g/mol. The highest BCUT2D eigenvalue weighted by Crippen LogP contribution is 2.27. The Morgan fingerprint density at radius 2 is 2.24 bits per heavy atom. The molecule has 1 N–H and O–H groups in total. The van der Waals surface area contributed by atoms with Crippen molar-refractivity contribution in [2.75, 3.05) is 6.54 Å². The fourth-order valence-electron chi connectivity index (χ4n) is 3.36. The SMILES string of the molecule is Cc1cc(CSc2ncccc2C(=O)NCCCc2nc3c(s2)CCCC3)no1. The smallest absolute Gasteiger partial charge is 0.254 e. The molecule has 0 radical (unpaired) electrons. The number of rotatable bonds is 8. The van der Waals surface area contributed by atoms with Crippen molar-refractivity contribution < 1.29 is 9.32 Å². The molecule has 3 aromatic heterocycles. The van der Waals surface area contributed by atoms with E-state index in [4.69, 9.17) is 9.51 Å². The van der Waals surface area contributed by atoms with Crippen LogP contribution in [0.1, 0.15) is 56.7 Å². The van der Waals surface area contributed by atoms with Gasteiger partial charge in [-0.3, -0.25) is 4.79 Å².